The van der Waals surface area contributed by atoms with Crippen LogP contribution >= 0.6 is 0 Å². The average Bonchev–Trinajstić information content (AvgIpc) is 2.89. The Kier molecular flexibility index (Phi) is 4.14. The van der Waals surface area contributed by atoms with E-state index in [0.717, 1.165) is 46.9 Å². The minimum atomic E-state index is 0.613. The molecule has 2 N–H and O–H groups in total. The molecular weight excluding hydrogens is 348 g/mol. The molecule has 0 spiro atoms. The van der Waals surface area contributed by atoms with Crippen molar-refractivity contribution < 1.29 is 0 Å². The SMILES string of the molecule is c1ccc(CCNc2ncc3c(n2)-c2cccnc2Nc2cnccc2-3)cc1. The van der Waals surface area contributed by atoms with Crippen LogP contribution in [-0.2, 0) is 6.42 Å². The molecular formula is C22H18N6. The number of benzene rings is 1. The average molecular weight is 366 g/mol. The minimum absolute atomic E-state index is 0.613. The molecule has 0 fully saturated rings. The highest BCUT2D eigenvalue weighted by Crippen LogP contribution is 2.41. The highest BCUT2D eigenvalue weighted by atomic mass is 15.1. The van der Waals surface area contributed by atoms with Gasteiger partial charge < -0.3 is 10.6 Å². The van der Waals surface area contributed by atoms with E-state index < -0.39 is 0 Å². The number of nitrogens with zero attached hydrogens (tertiary/aromatic N) is 4. The van der Waals surface area contributed by atoms with Crippen LogP contribution in [0.4, 0.5) is 17.5 Å². The molecule has 6 heteroatoms. The van der Waals surface area contributed by atoms with E-state index in [4.69, 9.17) is 4.98 Å². The number of fused-ring (bicyclic) bond motifs is 5. The lowest BCUT2D eigenvalue weighted by Gasteiger charge is -2.11. The topological polar surface area (TPSA) is 75.6 Å². The third kappa shape index (κ3) is 3.05. The van der Waals surface area contributed by atoms with Gasteiger partial charge >= 0.3 is 0 Å². The smallest absolute Gasteiger partial charge is 0.223 e. The molecule has 0 unspecified atom stereocenters. The van der Waals surface area contributed by atoms with Crippen molar-refractivity contribution in [3.8, 4) is 22.4 Å². The lowest BCUT2D eigenvalue weighted by molar-refractivity contribution is 0.985. The second kappa shape index (κ2) is 7.08. The van der Waals surface area contributed by atoms with E-state index in [9.17, 15) is 0 Å². The van der Waals surface area contributed by atoms with Gasteiger partial charge in [-0.1, -0.05) is 30.3 Å². The molecule has 0 saturated carbocycles. The van der Waals surface area contributed by atoms with Crippen molar-refractivity contribution in [1.82, 2.24) is 19.9 Å². The zero-order valence-electron chi connectivity index (χ0n) is 15.1. The van der Waals surface area contributed by atoms with Crippen molar-refractivity contribution in [2.45, 2.75) is 6.42 Å². The Morgan fingerprint density at radius 2 is 1.75 bits per heavy atom. The number of rotatable bonds is 4. The molecule has 4 aromatic rings. The third-order valence-electron chi connectivity index (χ3n) is 4.76. The quantitative estimate of drug-likeness (QED) is 0.494. The van der Waals surface area contributed by atoms with Gasteiger partial charge in [0, 0.05) is 41.8 Å². The number of pyridine rings is 2. The molecule has 5 rings (SSSR count). The predicted molar refractivity (Wildman–Crippen MR) is 110 cm³/mol. The van der Waals surface area contributed by atoms with E-state index >= 15 is 0 Å². The Bertz CT molecular complexity index is 1130. The van der Waals surface area contributed by atoms with Crippen LogP contribution in [0.5, 0.6) is 0 Å². The first-order chi connectivity index (χ1) is 13.9. The number of nitrogens with one attached hydrogen (secondary N) is 2. The fraction of sp³-hybridized carbons (Fsp3) is 0.0909. The fourth-order valence-corrected chi connectivity index (χ4v) is 3.39. The Labute approximate surface area is 162 Å². The van der Waals surface area contributed by atoms with Crippen LogP contribution in [0, 0.1) is 0 Å². The van der Waals surface area contributed by atoms with Gasteiger partial charge in [-0.3, -0.25) is 4.98 Å². The van der Waals surface area contributed by atoms with Gasteiger partial charge in [0.1, 0.15) is 5.82 Å². The van der Waals surface area contributed by atoms with Crippen molar-refractivity contribution in [1.29, 1.82) is 0 Å². The van der Waals surface area contributed by atoms with Crippen molar-refractivity contribution in [2.75, 3.05) is 17.2 Å². The predicted octanol–water partition coefficient (Wildman–Crippen LogP) is 4.31. The highest BCUT2D eigenvalue weighted by molar-refractivity contribution is 5.95. The summed E-state index contributed by atoms with van der Waals surface area (Å²) in [7, 11) is 0. The Morgan fingerprint density at radius 1 is 0.821 bits per heavy atom. The van der Waals surface area contributed by atoms with Crippen molar-refractivity contribution >= 4 is 17.5 Å². The molecule has 3 aromatic heterocycles. The highest BCUT2D eigenvalue weighted by Gasteiger charge is 2.21. The summed E-state index contributed by atoms with van der Waals surface area (Å²) in [5.74, 6) is 1.38. The van der Waals surface area contributed by atoms with Gasteiger partial charge in [0.15, 0.2) is 0 Å². The molecule has 1 aliphatic rings. The summed E-state index contributed by atoms with van der Waals surface area (Å²) >= 11 is 0. The summed E-state index contributed by atoms with van der Waals surface area (Å²) in [6, 6.07) is 16.3. The standard InChI is InChI=1S/C22H18N6/c1-2-5-15(6-3-1)8-12-25-22-26-13-18-16-9-11-23-14-19(16)27-21-17(20(18)28-22)7-4-10-24-21/h1-7,9-11,13-14H,8,12H2,(H,24,27)(H,25,26,28). The number of aromatic nitrogens is 4. The second-order valence-electron chi connectivity index (χ2n) is 6.56. The largest absolute Gasteiger partial charge is 0.354 e. The lowest BCUT2D eigenvalue weighted by Crippen LogP contribution is -2.08. The maximum Gasteiger partial charge on any atom is 0.223 e. The fourth-order valence-electron chi connectivity index (χ4n) is 3.39. The first-order valence-corrected chi connectivity index (χ1v) is 9.20. The van der Waals surface area contributed by atoms with Gasteiger partial charge in [-0.2, -0.15) is 0 Å². The molecule has 1 aromatic carbocycles. The van der Waals surface area contributed by atoms with Crippen molar-refractivity contribution in [2.24, 2.45) is 0 Å². The van der Waals surface area contributed by atoms with Gasteiger partial charge in [0.2, 0.25) is 5.95 Å². The molecule has 0 aliphatic carbocycles. The zero-order chi connectivity index (χ0) is 18.8. The maximum atomic E-state index is 4.82. The molecule has 28 heavy (non-hydrogen) atoms. The molecule has 136 valence electrons. The maximum absolute atomic E-state index is 4.82. The van der Waals surface area contributed by atoms with Gasteiger partial charge in [-0.05, 0) is 30.2 Å². The zero-order valence-corrected chi connectivity index (χ0v) is 15.1. The van der Waals surface area contributed by atoms with E-state index in [-0.39, 0.29) is 0 Å². The number of hydrogen-bond donors (Lipinski definition) is 2. The van der Waals surface area contributed by atoms with Crippen LogP contribution in [0.1, 0.15) is 5.56 Å². The van der Waals surface area contributed by atoms with Gasteiger partial charge in [-0.15, -0.1) is 0 Å². The molecule has 0 bridgehead atoms. The van der Waals surface area contributed by atoms with E-state index in [0.29, 0.717) is 5.95 Å². The first kappa shape index (κ1) is 16.4. The van der Waals surface area contributed by atoms with Gasteiger partial charge in [-0.25, -0.2) is 15.0 Å². The Hall–Kier alpha value is -3.80. The summed E-state index contributed by atoms with van der Waals surface area (Å²) in [5.41, 5.74) is 5.96. The van der Waals surface area contributed by atoms with Gasteiger partial charge in [0.25, 0.3) is 0 Å². The van der Waals surface area contributed by atoms with Crippen LogP contribution < -0.4 is 10.6 Å². The van der Waals surface area contributed by atoms with Gasteiger partial charge in [0.05, 0.1) is 17.6 Å². The second-order valence-corrected chi connectivity index (χ2v) is 6.56. The lowest BCUT2D eigenvalue weighted by atomic mass is 10.0. The summed E-state index contributed by atoms with van der Waals surface area (Å²) in [4.78, 5) is 18.1. The molecule has 1 aliphatic heterocycles. The van der Waals surface area contributed by atoms with E-state index in [1.165, 1.54) is 5.56 Å². The van der Waals surface area contributed by atoms with E-state index in [1.807, 2.05) is 30.5 Å². The minimum Gasteiger partial charge on any atom is -0.354 e. The molecule has 0 amide bonds. The molecule has 6 nitrogen and oxygen atoms in total. The summed E-state index contributed by atoms with van der Waals surface area (Å²) in [6.45, 7) is 0.765. The monoisotopic (exact) mass is 366 g/mol. The molecule has 0 atom stereocenters. The van der Waals surface area contributed by atoms with Crippen LogP contribution in [0.2, 0.25) is 0 Å². The van der Waals surface area contributed by atoms with Crippen molar-refractivity contribution in [3.63, 3.8) is 0 Å². The Balaban J connectivity index is 1.50. The number of hydrogen-bond acceptors (Lipinski definition) is 6. The van der Waals surface area contributed by atoms with E-state index in [2.05, 4.69) is 49.9 Å². The summed E-state index contributed by atoms with van der Waals surface area (Å²) in [6.07, 6.45) is 8.13. The van der Waals surface area contributed by atoms with Crippen molar-refractivity contribution in [3.05, 3.63) is 78.9 Å². The Morgan fingerprint density at radius 3 is 2.68 bits per heavy atom. The summed E-state index contributed by atoms with van der Waals surface area (Å²) < 4.78 is 0. The van der Waals surface area contributed by atoms with E-state index in [1.54, 1.807) is 18.6 Å². The normalized spacial score (nSPS) is 11.4. The van der Waals surface area contributed by atoms with Crippen LogP contribution in [0.15, 0.2) is 73.3 Å². The number of anilines is 3. The third-order valence-corrected chi connectivity index (χ3v) is 4.76. The summed E-state index contributed by atoms with van der Waals surface area (Å²) in [5, 5.41) is 6.72. The first-order valence-electron chi connectivity index (χ1n) is 9.20. The van der Waals surface area contributed by atoms with Crippen LogP contribution in [-0.4, -0.2) is 26.5 Å². The molecule has 0 radical (unpaired) electrons. The van der Waals surface area contributed by atoms with Crippen LogP contribution in [0.3, 0.4) is 0 Å². The molecule has 0 saturated heterocycles. The van der Waals surface area contributed by atoms with Crippen LogP contribution in [0.25, 0.3) is 22.4 Å². The molecule has 4 heterocycles.